The molecule has 0 radical (unpaired) electrons. The molecule has 1 aliphatic heterocycles. The molecule has 3 N–H and O–H groups in total. The van der Waals surface area contributed by atoms with Gasteiger partial charge in [0.15, 0.2) is 0 Å². The standard InChI is InChI=1S/C21H25N3O4S/c25-11-7-15(16-8-12-29-14-16)6-9-22-20(27)21(28)23-17-3-1-4-18(13-17)24-10-2-5-19(24)26/h1,3-4,8,12-15,25H,2,5-7,9-11H2,(H,22,27)(H,23,28). The predicted octanol–water partition coefficient (Wildman–Crippen LogP) is 2.49. The number of carbonyl (C=O) groups excluding carboxylic acids is 3. The van der Waals surface area contributed by atoms with Crippen molar-refractivity contribution < 1.29 is 19.5 Å². The Morgan fingerprint density at radius 3 is 2.76 bits per heavy atom. The molecule has 29 heavy (non-hydrogen) atoms. The van der Waals surface area contributed by atoms with Crippen LogP contribution in [0.4, 0.5) is 11.4 Å². The molecular formula is C21H25N3O4S. The summed E-state index contributed by atoms with van der Waals surface area (Å²) in [7, 11) is 0. The van der Waals surface area contributed by atoms with Crippen molar-refractivity contribution in [2.75, 3.05) is 29.9 Å². The third-order valence-corrected chi connectivity index (χ3v) is 5.67. The van der Waals surface area contributed by atoms with Gasteiger partial charge in [0, 0.05) is 37.5 Å². The normalized spacial score (nSPS) is 14.7. The maximum absolute atomic E-state index is 12.2. The fraction of sp³-hybridized carbons (Fsp3) is 0.381. The summed E-state index contributed by atoms with van der Waals surface area (Å²) < 4.78 is 0. The first kappa shape index (κ1) is 21.0. The zero-order chi connectivity index (χ0) is 20.6. The highest BCUT2D eigenvalue weighted by atomic mass is 32.1. The van der Waals surface area contributed by atoms with E-state index < -0.39 is 11.8 Å². The van der Waals surface area contributed by atoms with Gasteiger partial charge in [0.2, 0.25) is 5.91 Å². The average Bonchev–Trinajstić information content (AvgIpc) is 3.39. The highest BCUT2D eigenvalue weighted by molar-refractivity contribution is 7.08. The number of amides is 3. The van der Waals surface area contributed by atoms with Crippen LogP contribution in [-0.4, -0.2) is 42.5 Å². The Hall–Kier alpha value is -2.71. The number of nitrogens with one attached hydrogen (secondary N) is 2. The number of rotatable bonds is 8. The fourth-order valence-electron chi connectivity index (χ4n) is 3.44. The minimum atomic E-state index is -0.746. The van der Waals surface area contributed by atoms with Gasteiger partial charge in [-0.15, -0.1) is 0 Å². The summed E-state index contributed by atoms with van der Waals surface area (Å²) in [5.41, 5.74) is 2.32. The number of aliphatic hydroxyl groups is 1. The number of aliphatic hydroxyl groups excluding tert-OH is 1. The van der Waals surface area contributed by atoms with Crippen LogP contribution in [0, 0.1) is 0 Å². The first-order valence-electron chi connectivity index (χ1n) is 9.71. The van der Waals surface area contributed by atoms with Crippen molar-refractivity contribution >= 4 is 40.4 Å². The topological polar surface area (TPSA) is 98.7 Å². The number of hydrogen-bond donors (Lipinski definition) is 3. The summed E-state index contributed by atoms with van der Waals surface area (Å²) >= 11 is 1.59. The second-order valence-corrected chi connectivity index (χ2v) is 7.74. The largest absolute Gasteiger partial charge is 0.396 e. The number of carbonyl (C=O) groups is 3. The Bertz CT molecular complexity index is 853. The quantitative estimate of drug-likeness (QED) is 0.577. The van der Waals surface area contributed by atoms with Crippen molar-refractivity contribution in [3.05, 3.63) is 46.7 Å². The van der Waals surface area contributed by atoms with Gasteiger partial charge in [-0.05, 0) is 65.8 Å². The Labute approximate surface area is 173 Å². The average molecular weight is 416 g/mol. The Morgan fingerprint density at radius 1 is 1.21 bits per heavy atom. The zero-order valence-corrected chi connectivity index (χ0v) is 16.9. The molecule has 7 nitrogen and oxygen atoms in total. The SMILES string of the molecule is O=C(NCCC(CCO)c1ccsc1)C(=O)Nc1cccc(N2CCCC2=O)c1. The van der Waals surface area contributed by atoms with E-state index in [0.717, 1.165) is 12.0 Å². The van der Waals surface area contributed by atoms with Crippen LogP contribution in [0.1, 0.15) is 37.2 Å². The van der Waals surface area contributed by atoms with Crippen LogP contribution in [0.15, 0.2) is 41.1 Å². The van der Waals surface area contributed by atoms with E-state index in [2.05, 4.69) is 10.6 Å². The lowest BCUT2D eigenvalue weighted by Gasteiger charge is -2.17. The Balaban J connectivity index is 1.50. The maximum atomic E-state index is 12.2. The van der Waals surface area contributed by atoms with Gasteiger partial charge in [0.1, 0.15) is 0 Å². The van der Waals surface area contributed by atoms with Gasteiger partial charge < -0.3 is 20.6 Å². The lowest BCUT2D eigenvalue weighted by Crippen LogP contribution is -2.36. The fourth-order valence-corrected chi connectivity index (χ4v) is 4.18. The smallest absolute Gasteiger partial charge is 0.313 e. The molecule has 3 rings (SSSR count). The van der Waals surface area contributed by atoms with Crippen LogP contribution in [0.3, 0.4) is 0 Å². The predicted molar refractivity (Wildman–Crippen MR) is 113 cm³/mol. The second-order valence-electron chi connectivity index (χ2n) is 6.96. The molecule has 0 aliphatic carbocycles. The van der Waals surface area contributed by atoms with E-state index in [1.54, 1.807) is 34.4 Å². The van der Waals surface area contributed by atoms with Crippen LogP contribution in [0.2, 0.25) is 0 Å². The van der Waals surface area contributed by atoms with E-state index in [1.807, 2.05) is 22.9 Å². The first-order chi connectivity index (χ1) is 14.1. The van der Waals surface area contributed by atoms with Crippen LogP contribution in [-0.2, 0) is 14.4 Å². The molecule has 0 saturated carbocycles. The second kappa shape index (κ2) is 10.2. The van der Waals surface area contributed by atoms with Crippen molar-refractivity contribution in [3.63, 3.8) is 0 Å². The molecule has 0 bridgehead atoms. The van der Waals surface area contributed by atoms with Gasteiger partial charge in [0.05, 0.1) is 0 Å². The van der Waals surface area contributed by atoms with Gasteiger partial charge in [-0.25, -0.2) is 0 Å². The number of benzene rings is 1. The van der Waals surface area contributed by atoms with E-state index >= 15 is 0 Å². The molecule has 1 atom stereocenters. The van der Waals surface area contributed by atoms with Crippen molar-refractivity contribution in [1.29, 1.82) is 0 Å². The highest BCUT2D eigenvalue weighted by Crippen LogP contribution is 2.25. The minimum Gasteiger partial charge on any atom is -0.396 e. The Morgan fingerprint density at radius 2 is 2.07 bits per heavy atom. The minimum absolute atomic E-state index is 0.0641. The van der Waals surface area contributed by atoms with Crippen LogP contribution < -0.4 is 15.5 Å². The van der Waals surface area contributed by atoms with E-state index in [4.69, 9.17) is 0 Å². The van der Waals surface area contributed by atoms with Gasteiger partial charge in [-0.3, -0.25) is 14.4 Å². The summed E-state index contributed by atoms with van der Waals surface area (Å²) in [5.74, 6) is -1.25. The summed E-state index contributed by atoms with van der Waals surface area (Å²) in [6, 6.07) is 8.95. The van der Waals surface area contributed by atoms with Gasteiger partial charge >= 0.3 is 11.8 Å². The third kappa shape index (κ3) is 5.65. The molecule has 1 unspecified atom stereocenters. The van der Waals surface area contributed by atoms with Crippen LogP contribution in [0.25, 0.3) is 0 Å². The molecule has 1 aliphatic rings. The number of anilines is 2. The lowest BCUT2D eigenvalue weighted by atomic mass is 9.95. The van der Waals surface area contributed by atoms with Gasteiger partial charge in [-0.2, -0.15) is 11.3 Å². The van der Waals surface area contributed by atoms with Crippen molar-refractivity contribution in [1.82, 2.24) is 5.32 Å². The molecule has 2 heterocycles. The molecule has 1 aromatic carbocycles. The summed E-state index contributed by atoms with van der Waals surface area (Å²) in [6.45, 7) is 1.08. The molecule has 154 valence electrons. The molecular weight excluding hydrogens is 390 g/mol. The summed E-state index contributed by atoms with van der Waals surface area (Å²) in [5, 5.41) is 18.5. The van der Waals surface area contributed by atoms with E-state index in [9.17, 15) is 19.5 Å². The molecule has 0 spiro atoms. The number of hydrogen-bond acceptors (Lipinski definition) is 5. The van der Waals surface area contributed by atoms with E-state index in [0.29, 0.717) is 43.7 Å². The molecule has 8 heteroatoms. The third-order valence-electron chi connectivity index (χ3n) is 4.97. The van der Waals surface area contributed by atoms with Crippen LogP contribution in [0.5, 0.6) is 0 Å². The first-order valence-corrected chi connectivity index (χ1v) is 10.7. The lowest BCUT2D eigenvalue weighted by molar-refractivity contribution is -0.136. The van der Waals surface area contributed by atoms with E-state index in [1.165, 1.54) is 0 Å². The molecule has 1 fully saturated rings. The summed E-state index contributed by atoms with van der Waals surface area (Å²) in [6.07, 6.45) is 2.60. The molecule has 2 aromatic rings. The molecule has 3 amide bonds. The van der Waals surface area contributed by atoms with Crippen molar-refractivity contribution in [2.24, 2.45) is 0 Å². The van der Waals surface area contributed by atoms with Gasteiger partial charge in [-0.1, -0.05) is 6.07 Å². The summed E-state index contributed by atoms with van der Waals surface area (Å²) in [4.78, 5) is 37.9. The molecule has 1 saturated heterocycles. The highest BCUT2D eigenvalue weighted by Gasteiger charge is 2.22. The zero-order valence-electron chi connectivity index (χ0n) is 16.1. The Kier molecular flexibility index (Phi) is 7.37. The van der Waals surface area contributed by atoms with Crippen molar-refractivity contribution in [2.45, 2.75) is 31.6 Å². The monoisotopic (exact) mass is 415 g/mol. The van der Waals surface area contributed by atoms with E-state index in [-0.39, 0.29) is 18.4 Å². The van der Waals surface area contributed by atoms with Crippen LogP contribution >= 0.6 is 11.3 Å². The number of nitrogens with zero attached hydrogens (tertiary/aromatic N) is 1. The number of thiophene rings is 1. The van der Waals surface area contributed by atoms with Crippen molar-refractivity contribution in [3.8, 4) is 0 Å². The molecule has 1 aromatic heterocycles. The van der Waals surface area contributed by atoms with Gasteiger partial charge in [0.25, 0.3) is 0 Å². The maximum Gasteiger partial charge on any atom is 0.313 e.